The summed E-state index contributed by atoms with van der Waals surface area (Å²) in [5.41, 5.74) is 8.84. The van der Waals surface area contributed by atoms with Gasteiger partial charge in [0.25, 0.3) is 0 Å². The van der Waals surface area contributed by atoms with Crippen molar-refractivity contribution in [3.63, 3.8) is 0 Å². The third-order valence-corrected chi connectivity index (χ3v) is 7.55. The molecule has 2 heterocycles. The fourth-order valence-electron chi connectivity index (χ4n) is 5.30. The summed E-state index contributed by atoms with van der Waals surface area (Å²) in [6, 6.07) is 48.2. The van der Waals surface area contributed by atoms with E-state index in [4.69, 9.17) is 9.52 Å². The number of hydrazone groups is 1. The van der Waals surface area contributed by atoms with Gasteiger partial charge in [-0.2, -0.15) is 5.10 Å². The van der Waals surface area contributed by atoms with Crippen LogP contribution in [0, 0.1) is 0 Å². The van der Waals surface area contributed by atoms with Crippen molar-refractivity contribution in [1.82, 2.24) is 4.98 Å². The Morgan fingerprint density at radius 2 is 1.17 bits per heavy atom. The van der Waals surface area contributed by atoms with Gasteiger partial charge in [-0.1, -0.05) is 127 Å². The highest BCUT2D eigenvalue weighted by atomic mass is 16.4. The van der Waals surface area contributed by atoms with E-state index in [1.54, 1.807) is 6.20 Å². The zero-order chi connectivity index (χ0) is 28.1. The molecule has 0 saturated carbocycles. The van der Waals surface area contributed by atoms with Crippen molar-refractivity contribution in [2.24, 2.45) is 5.10 Å². The van der Waals surface area contributed by atoms with Crippen LogP contribution in [0.3, 0.4) is 0 Å². The highest BCUT2D eigenvalue weighted by Gasteiger charge is 2.29. The molecule has 202 valence electrons. The van der Waals surface area contributed by atoms with E-state index in [1.165, 1.54) is 11.1 Å². The van der Waals surface area contributed by atoms with Crippen molar-refractivity contribution >= 4 is 23.6 Å². The maximum Gasteiger partial charge on any atom is 0.226 e. The number of hydrogen-bond acceptors (Lipinski definition) is 4. The second-order valence-corrected chi connectivity index (χ2v) is 10.3. The summed E-state index contributed by atoms with van der Waals surface area (Å²) in [5, 5.41) is 7.24. The lowest BCUT2D eigenvalue weighted by Gasteiger charge is -2.24. The predicted molar refractivity (Wildman–Crippen MR) is 172 cm³/mol. The van der Waals surface area contributed by atoms with Crippen LogP contribution >= 0.6 is 0 Å². The fourth-order valence-corrected chi connectivity index (χ4v) is 5.30. The molecule has 4 nitrogen and oxygen atoms in total. The number of nitrogens with zero attached hydrogens (tertiary/aromatic N) is 3. The second-order valence-electron chi connectivity index (χ2n) is 10.3. The van der Waals surface area contributed by atoms with Crippen LogP contribution in [-0.2, 0) is 0 Å². The number of oxazole rings is 1. The van der Waals surface area contributed by atoms with Gasteiger partial charge in [0.05, 0.1) is 23.6 Å². The quantitative estimate of drug-likeness (QED) is 0.188. The van der Waals surface area contributed by atoms with Crippen LogP contribution in [0.1, 0.15) is 34.7 Å². The molecule has 0 bridgehead atoms. The standard InChI is InChI=1S/C38H29N3O/c1-4-10-30(11-5-1)35-26-36(31-12-6-2-7-13-31)41(40-35)34-24-20-29(21-25-34)17-16-28-18-22-33(23-19-28)38-39-27-37(42-38)32-14-8-3-9-15-32/h1-25,27,36H,26H2/b17-16+/t36-/m1/s1. The molecule has 0 aliphatic carbocycles. The number of aromatic nitrogens is 1. The predicted octanol–water partition coefficient (Wildman–Crippen LogP) is 9.53. The fraction of sp³-hybridized carbons (Fsp3) is 0.0526. The summed E-state index contributed by atoms with van der Waals surface area (Å²) in [6.07, 6.45) is 6.90. The van der Waals surface area contributed by atoms with Crippen LogP contribution in [-0.4, -0.2) is 10.7 Å². The molecule has 0 N–H and O–H groups in total. The van der Waals surface area contributed by atoms with Gasteiger partial charge in [-0.3, -0.25) is 5.01 Å². The highest BCUT2D eigenvalue weighted by Crippen LogP contribution is 2.37. The summed E-state index contributed by atoms with van der Waals surface area (Å²) in [6.45, 7) is 0. The molecule has 7 rings (SSSR count). The van der Waals surface area contributed by atoms with Crippen molar-refractivity contribution in [3.8, 4) is 22.8 Å². The van der Waals surface area contributed by atoms with Crippen LogP contribution in [0.4, 0.5) is 5.69 Å². The van der Waals surface area contributed by atoms with Crippen LogP contribution in [0.5, 0.6) is 0 Å². The average molecular weight is 544 g/mol. The first-order valence-electron chi connectivity index (χ1n) is 14.2. The number of anilines is 1. The molecule has 5 aromatic carbocycles. The van der Waals surface area contributed by atoms with Crippen molar-refractivity contribution in [1.29, 1.82) is 0 Å². The van der Waals surface area contributed by atoms with Gasteiger partial charge in [0.1, 0.15) is 0 Å². The lowest BCUT2D eigenvalue weighted by atomic mass is 9.98. The van der Waals surface area contributed by atoms with E-state index in [1.807, 2.05) is 48.5 Å². The topological polar surface area (TPSA) is 41.6 Å². The third kappa shape index (κ3) is 5.43. The maximum absolute atomic E-state index is 6.00. The lowest BCUT2D eigenvalue weighted by Crippen LogP contribution is -2.18. The van der Waals surface area contributed by atoms with Gasteiger partial charge in [-0.25, -0.2) is 4.98 Å². The summed E-state index contributed by atoms with van der Waals surface area (Å²) in [4.78, 5) is 4.48. The van der Waals surface area contributed by atoms with Crippen LogP contribution in [0.15, 0.2) is 155 Å². The van der Waals surface area contributed by atoms with Crippen LogP contribution in [0.25, 0.3) is 34.9 Å². The molecule has 42 heavy (non-hydrogen) atoms. The molecule has 0 saturated heterocycles. The van der Waals surface area contributed by atoms with Crippen molar-refractivity contribution in [2.75, 3.05) is 5.01 Å². The Bertz CT molecular complexity index is 1820. The van der Waals surface area contributed by atoms with E-state index < -0.39 is 0 Å². The van der Waals surface area contributed by atoms with E-state index in [9.17, 15) is 0 Å². The minimum absolute atomic E-state index is 0.161. The Morgan fingerprint density at radius 3 is 1.81 bits per heavy atom. The average Bonchev–Trinajstić information content (AvgIpc) is 3.75. The smallest absolute Gasteiger partial charge is 0.226 e. The van der Waals surface area contributed by atoms with E-state index in [2.05, 4.69) is 113 Å². The number of hydrogen-bond donors (Lipinski definition) is 0. The first-order valence-corrected chi connectivity index (χ1v) is 14.2. The third-order valence-electron chi connectivity index (χ3n) is 7.55. The molecule has 1 aliphatic heterocycles. The van der Waals surface area contributed by atoms with Gasteiger partial charge in [-0.15, -0.1) is 0 Å². The minimum Gasteiger partial charge on any atom is -0.436 e. The molecule has 4 heteroatoms. The van der Waals surface area contributed by atoms with Gasteiger partial charge in [0, 0.05) is 17.5 Å². The molecular formula is C38H29N3O. The van der Waals surface area contributed by atoms with Gasteiger partial charge < -0.3 is 4.42 Å². The highest BCUT2D eigenvalue weighted by molar-refractivity contribution is 6.03. The maximum atomic E-state index is 6.00. The minimum atomic E-state index is 0.161. The molecule has 1 aromatic heterocycles. The van der Waals surface area contributed by atoms with E-state index in [0.29, 0.717) is 5.89 Å². The Kier molecular flexibility index (Phi) is 7.01. The molecule has 6 aromatic rings. The summed E-state index contributed by atoms with van der Waals surface area (Å²) in [5.74, 6) is 1.39. The molecule has 0 radical (unpaired) electrons. The van der Waals surface area contributed by atoms with Gasteiger partial charge in [-0.05, 0) is 46.5 Å². The Labute approximate surface area is 245 Å². The molecular weight excluding hydrogens is 514 g/mol. The van der Waals surface area contributed by atoms with E-state index >= 15 is 0 Å². The van der Waals surface area contributed by atoms with Crippen LogP contribution < -0.4 is 5.01 Å². The zero-order valence-electron chi connectivity index (χ0n) is 23.0. The molecule has 0 amide bonds. The van der Waals surface area contributed by atoms with Gasteiger partial charge in [0.15, 0.2) is 5.76 Å². The van der Waals surface area contributed by atoms with E-state index in [0.717, 1.165) is 45.8 Å². The van der Waals surface area contributed by atoms with Gasteiger partial charge in [0.2, 0.25) is 5.89 Å². The second kappa shape index (κ2) is 11.6. The molecule has 1 atom stereocenters. The summed E-state index contributed by atoms with van der Waals surface area (Å²) >= 11 is 0. The van der Waals surface area contributed by atoms with Gasteiger partial charge >= 0.3 is 0 Å². The molecule has 0 unspecified atom stereocenters. The van der Waals surface area contributed by atoms with Crippen molar-refractivity contribution < 1.29 is 4.42 Å². The summed E-state index contributed by atoms with van der Waals surface area (Å²) in [7, 11) is 0. The van der Waals surface area contributed by atoms with Crippen molar-refractivity contribution in [3.05, 3.63) is 168 Å². The molecule has 1 aliphatic rings. The largest absolute Gasteiger partial charge is 0.436 e. The first-order chi connectivity index (χ1) is 20.8. The molecule has 0 spiro atoms. The summed E-state index contributed by atoms with van der Waals surface area (Å²) < 4.78 is 6.00. The monoisotopic (exact) mass is 543 g/mol. The Hall–Kier alpha value is -5.48. The van der Waals surface area contributed by atoms with Crippen molar-refractivity contribution in [2.45, 2.75) is 12.5 Å². The zero-order valence-corrected chi connectivity index (χ0v) is 23.0. The molecule has 0 fully saturated rings. The van der Waals surface area contributed by atoms with Crippen LogP contribution in [0.2, 0.25) is 0 Å². The van der Waals surface area contributed by atoms with E-state index in [-0.39, 0.29) is 6.04 Å². The Balaban J connectivity index is 1.07. The lowest BCUT2D eigenvalue weighted by molar-refractivity contribution is 0.589. The number of benzene rings is 5. The Morgan fingerprint density at radius 1 is 0.595 bits per heavy atom. The SMILES string of the molecule is C(=C\c1ccc(N2N=C(c3ccccc3)C[C@@H]2c2ccccc2)cc1)/c1ccc(-c2ncc(-c3ccccc3)o2)cc1. The first kappa shape index (κ1) is 25.5. The number of rotatable bonds is 7. The normalized spacial score (nSPS) is 14.8.